The molecule has 0 atom stereocenters. The third-order valence-electron chi connectivity index (χ3n) is 7.34. The number of rotatable bonds is 0. The summed E-state index contributed by atoms with van der Waals surface area (Å²) in [6.07, 6.45) is 13.1. The Morgan fingerprint density at radius 1 is 0.276 bits per heavy atom. The Hall–Kier alpha value is -4.94. The van der Waals surface area contributed by atoms with Crippen molar-refractivity contribution in [1.29, 1.82) is 21.6 Å². The number of fused-ring (bicyclic) bond motifs is 4. The van der Waals surface area contributed by atoms with E-state index in [1.165, 1.54) is 0 Å². The van der Waals surface area contributed by atoms with Crippen LogP contribution in [-0.2, 0) is 98.5 Å². The number of aryl methyl sites for hydroxylation is 8. The maximum atomic E-state index is 8.49. The molecule has 0 fully saturated rings. The molecule has 42 nitrogen and oxygen atoms in total. The summed E-state index contributed by atoms with van der Waals surface area (Å²) in [7, 11) is -5.20. The average Bonchev–Trinajstić information content (AvgIpc) is 3.96. The molecule has 76 heavy (non-hydrogen) atoms. The Balaban J connectivity index is -0.000000118. The van der Waals surface area contributed by atoms with Crippen LogP contribution < -0.4 is 121 Å². The summed E-state index contributed by atoms with van der Waals surface area (Å²) in [5.41, 5.74) is 7.12. The van der Waals surface area contributed by atoms with Crippen molar-refractivity contribution in [3.63, 3.8) is 0 Å². The number of imidazole rings is 4. The molecule has 0 spiro atoms. The minimum absolute atomic E-state index is 0. The zero-order chi connectivity index (χ0) is 52.9. The second-order valence-corrected chi connectivity index (χ2v) is 15.5. The molecule has 0 saturated carbocycles. The third kappa shape index (κ3) is 32.6. The third-order valence-corrected chi connectivity index (χ3v) is 7.34. The van der Waals surface area contributed by atoms with Gasteiger partial charge in [-0.1, -0.05) is 0 Å². The van der Waals surface area contributed by atoms with Gasteiger partial charge in [-0.05, 0) is 0 Å². The number of nitrogens with zero attached hydrogens (tertiary/aromatic N) is 16. The van der Waals surface area contributed by atoms with E-state index in [2.05, 4.69) is 39.9 Å². The fourth-order valence-electron chi connectivity index (χ4n) is 4.44. The van der Waals surface area contributed by atoms with Crippen molar-refractivity contribution >= 4 is 44.7 Å². The molecule has 0 radical (unpaired) electrons. The van der Waals surface area contributed by atoms with E-state index < -0.39 is 41.0 Å². The van der Waals surface area contributed by atoms with Crippen molar-refractivity contribution in [3.05, 3.63) is 72.6 Å². The van der Waals surface area contributed by atoms with Gasteiger partial charge in [-0.15, -0.1) is 41.0 Å². The minimum atomic E-state index is -4.94. The number of hydrogen-bond acceptors (Lipinski definition) is 32. The van der Waals surface area contributed by atoms with Crippen LogP contribution in [0, 0.1) is 62.6 Å². The van der Waals surface area contributed by atoms with Crippen molar-refractivity contribution in [2.75, 3.05) is 0 Å². The average molecular weight is 1540 g/mol. The van der Waals surface area contributed by atoms with Crippen LogP contribution >= 0.6 is 0 Å². The molecule has 0 aromatic carbocycles. The van der Waals surface area contributed by atoms with E-state index in [1.807, 2.05) is 28.2 Å². The van der Waals surface area contributed by atoms with Crippen molar-refractivity contribution in [2.24, 2.45) is 56.4 Å². The largest absolute Gasteiger partial charge is 4.00 e. The molecule has 48 heteroatoms. The Morgan fingerprint density at radius 2 is 0.382 bits per heavy atom. The van der Waals surface area contributed by atoms with E-state index in [4.69, 9.17) is 96.2 Å². The molecular formula is C28H52Cl4N24O18Pt2+4. The van der Waals surface area contributed by atoms with Gasteiger partial charge in [-0.25, -0.2) is 114 Å². The Morgan fingerprint density at radius 3 is 0.500 bits per heavy atom. The molecule has 0 unspecified atom stereocenters. The first kappa shape index (κ1) is 87.7. The van der Waals surface area contributed by atoms with Crippen LogP contribution in [0.4, 0.5) is 0 Å². The van der Waals surface area contributed by atoms with Crippen LogP contribution in [-0.4, -0.2) is 87.4 Å². The second-order valence-electron chi connectivity index (χ2n) is 12.4. The number of aromatic nitrogens is 16. The predicted octanol–water partition coefficient (Wildman–Crippen LogP) is -20.9. The fourth-order valence-corrected chi connectivity index (χ4v) is 4.44. The Kier molecular flexibility index (Phi) is 42.7. The number of nitrogens with one attached hydrogen (secondary N) is 4. The summed E-state index contributed by atoms with van der Waals surface area (Å²) in [6, 6.07) is 0. The van der Waals surface area contributed by atoms with Gasteiger partial charge in [0, 0.05) is 56.4 Å². The summed E-state index contributed by atoms with van der Waals surface area (Å²) in [5, 5.41) is 30.6. The number of hydrogen-bond donors (Lipinski definition) is 8. The summed E-state index contributed by atoms with van der Waals surface area (Å²) in [6.45, 7) is 0. The van der Waals surface area contributed by atoms with Gasteiger partial charge in [0.2, 0.25) is 0 Å². The minimum Gasteiger partial charge on any atom is -0.412 e. The predicted molar refractivity (Wildman–Crippen MR) is 201 cm³/mol. The molecule has 0 aliphatic heterocycles. The molecule has 0 aliphatic rings. The van der Waals surface area contributed by atoms with Gasteiger partial charge in [0.15, 0.2) is 44.5 Å². The molecule has 8 aromatic rings. The summed E-state index contributed by atoms with van der Waals surface area (Å²) in [4.78, 5) is 32.9. The van der Waals surface area contributed by atoms with Gasteiger partial charge < -0.3 is 72.1 Å². The van der Waals surface area contributed by atoms with E-state index in [1.54, 1.807) is 115 Å². The van der Waals surface area contributed by atoms with Crippen LogP contribution in [0.2, 0.25) is 0 Å². The zero-order valence-corrected chi connectivity index (χ0v) is 47.8. The van der Waals surface area contributed by atoms with Gasteiger partial charge >= 0.3 is 42.1 Å². The van der Waals surface area contributed by atoms with Crippen molar-refractivity contribution in [3.8, 4) is 0 Å². The Labute approximate surface area is 462 Å². The number of halogens is 4. The molecule has 0 aliphatic carbocycles. The smallest absolute Gasteiger partial charge is 0.412 e. The van der Waals surface area contributed by atoms with Gasteiger partial charge in [0.25, 0.3) is 0 Å². The van der Waals surface area contributed by atoms with Gasteiger partial charge in [-0.2, -0.15) is 0 Å². The molecule has 8 rings (SSSR count). The topological polar surface area (TPSA) is 810 Å². The van der Waals surface area contributed by atoms with E-state index in [-0.39, 0.29) is 77.7 Å². The van der Waals surface area contributed by atoms with Crippen molar-refractivity contribution < 1.29 is 169 Å². The van der Waals surface area contributed by atoms with Crippen LogP contribution in [0.5, 0.6) is 0 Å². The van der Waals surface area contributed by atoms with Crippen LogP contribution in [0.3, 0.4) is 0 Å². The summed E-state index contributed by atoms with van der Waals surface area (Å²) < 4.78 is 150. The first-order chi connectivity index (χ1) is 30.8. The molecule has 0 saturated heterocycles. The molecule has 20 N–H and O–H groups in total. The molecule has 436 valence electrons. The summed E-state index contributed by atoms with van der Waals surface area (Å²) in [5.74, 6) is 0. The van der Waals surface area contributed by atoms with E-state index in [9.17, 15) is 0 Å². The SMILES string of the molecule is Cn1cnc2c(ncn2C)c1=N.Cn1cnc2c(ncn2C)c1=N.Cn1cnc2c(ncn2C)c1=N.Cn1cnc2c(ncn2C)c1=N.N.N.N.N.O.O.[O-][Cl+3]([O-])([O-])[O-].[O-][Cl+3]([O-])([O-])[O-].[O-][Cl+3]([O-])([O-])[O-].[O-][Cl+3]([O-])([O-])[O-].[Pt+4].[Pt+4]. The van der Waals surface area contributed by atoms with Crippen LogP contribution in [0.15, 0.2) is 50.6 Å². The first-order valence-corrected chi connectivity index (χ1v) is 21.7. The van der Waals surface area contributed by atoms with E-state index in [0.29, 0.717) is 44.0 Å². The molecular weight excluding hydrogens is 1490 g/mol. The second kappa shape index (κ2) is 37.0. The summed E-state index contributed by atoms with van der Waals surface area (Å²) >= 11 is 0. The zero-order valence-electron chi connectivity index (χ0n) is 40.3. The molecule has 0 amide bonds. The van der Waals surface area contributed by atoms with Gasteiger partial charge in [0.05, 0.1) is 50.6 Å². The Bertz CT molecular complexity index is 2700. The fraction of sp³-hybridized carbons (Fsp3) is 0.286. The molecule has 8 heterocycles. The van der Waals surface area contributed by atoms with Crippen LogP contribution in [0.1, 0.15) is 0 Å². The van der Waals surface area contributed by atoms with Crippen molar-refractivity contribution in [2.45, 2.75) is 0 Å². The molecule has 0 bridgehead atoms. The van der Waals surface area contributed by atoms with Gasteiger partial charge in [-0.3, -0.25) is 21.6 Å². The van der Waals surface area contributed by atoms with Crippen LogP contribution in [0.25, 0.3) is 44.7 Å². The quantitative estimate of drug-likeness (QED) is 0.0699. The van der Waals surface area contributed by atoms with E-state index in [0.717, 1.165) is 22.6 Å². The van der Waals surface area contributed by atoms with E-state index >= 15 is 0 Å². The monoisotopic (exact) mass is 1540 g/mol. The maximum absolute atomic E-state index is 8.49. The van der Waals surface area contributed by atoms with Crippen molar-refractivity contribution in [1.82, 2.24) is 101 Å². The molecule has 8 aromatic heterocycles. The standard InChI is InChI=1S/4C7H9N5.4ClHO4.4H3N.2H2O.2Pt/c4*1-11-4-10-7-5(6(11)8)9-3-12(7)2;4*2-1(3,4)5;;;;;;;;/h4*3-4,8H,1-2H3;4*(H,2,3,4,5);4*1H3;2*1H2;;/q;;;;;;;;;;;;;;2*+4/p-4. The van der Waals surface area contributed by atoms with Gasteiger partial charge in [0.1, 0.15) is 22.1 Å². The maximum Gasteiger partial charge on any atom is 4.00 e. The normalized spacial score (nSPS) is 10.0. The first-order valence-electron chi connectivity index (χ1n) is 16.8.